The van der Waals surface area contributed by atoms with Gasteiger partial charge in [0.2, 0.25) is 0 Å². The number of nitrogens with zero attached hydrogens (tertiary/aromatic N) is 2. The van der Waals surface area contributed by atoms with Crippen LogP contribution in [0.4, 0.5) is 0 Å². The second-order valence-corrected chi connectivity index (χ2v) is 9.19. The zero-order chi connectivity index (χ0) is 18.2. The summed E-state index contributed by atoms with van der Waals surface area (Å²) in [6, 6.07) is 5.36. The van der Waals surface area contributed by atoms with Gasteiger partial charge in [0, 0.05) is 16.9 Å². The number of hydrogen-bond acceptors (Lipinski definition) is 5. The third kappa shape index (κ3) is 3.66. The summed E-state index contributed by atoms with van der Waals surface area (Å²) in [6.45, 7) is 6.66. The molecule has 0 aliphatic carbocycles. The van der Waals surface area contributed by atoms with Gasteiger partial charge in [-0.2, -0.15) is 5.10 Å². The van der Waals surface area contributed by atoms with E-state index in [1.807, 2.05) is 32.9 Å². The predicted molar refractivity (Wildman–Crippen MR) is 98.6 cm³/mol. The Kier molecular flexibility index (Phi) is 5.31. The second-order valence-electron chi connectivity index (χ2n) is 6.82. The maximum Gasteiger partial charge on any atom is 0.139 e. The lowest BCUT2D eigenvalue weighted by atomic mass is 10.1. The first kappa shape index (κ1) is 18.5. The van der Waals surface area contributed by atoms with Crippen molar-refractivity contribution < 1.29 is 14.0 Å². The first-order valence-corrected chi connectivity index (χ1v) is 9.51. The molecule has 2 heterocycles. The highest BCUT2D eigenvalue weighted by Crippen LogP contribution is 2.34. The van der Waals surface area contributed by atoms with Gasteiger partial charge in [0.15, 0.2) is 0 Å². The van der Waals surface area contributed by atoms with Crippen LogP contribution < -0.4 is 9.46 Å². The molecule has 0 saturated heterocycles. The lowest BCUT2D eigenvalue weighted by Gasteiger charge is -2.30. The topological polar surface area (TPSA) is 71.4 Å². The first-order chi connectivity index (χ1) is 11.8. The van der Waals surface area contributed by atoms with Gasteiger partial charge in [-0.3, -0.25) is 0 Å². The molecule has 2 aromatic rings. The Hall–Kier alpha value is -1.25. The van der Waals surface area contributed by atoms with Gasteiger partial charge in [-0.1, -0.05) is 17.7 Å². The van der Waals surface area contributed by atoms with E-state index in [-0.39, 0.29) is 10.8 Å². The number of ether oxygens (including phenoxy) is 2. The predicted octanol–water partition coefficient (Wildman–Crippen LogP) is 3.16. The normalized spacial score (nSPS) is 18.7. The summed E-state index contributed by atoms with van der Waals surface area (Å²) < 4.78 is 28.0. The van der Waals surface area contributed by atoms with Crippen molar-refractivity contribution in [2.75, 3.05) is 13.7 Å². The molecule has 136 valence electrons. The average Bonchev–Trinajstić information content (AvgIpc) is 2.99. The number of aromatic nitrogens is 2. The van der Waals surface area contributed by atoms with E-state index < -0.39 is 11.4 Å². The molecule has 0 radical (unpaired) electrons. The summed E-state index contributed by atoms with van der Waals surface area (Å²) in [5.41, 5.74) is 2.59. The van der Waals surface area contributed by atoms with Gasteiger partial charge < -0.3 is 14.0 Å². The molecule has 1 aliphatic rings. The van der Waals surface area contributed by atoms with Crippen molar-refractivity contribution in [3.8, 4) is 11.4 Å². The smallest absolute Gasteiger partial charge is 0.139 e. The maximum absolute atomic E-state index is 12.4. The van der Waals surface area contributed by atoms with Gasteiger partial charge in [-0.15, -0.1) is 4.72 Å². The van der Waals surface area contributed by atoms with E-state index >= 15 is 0 Å². The summed E-state index contributed by atoms with van der Waals surface area (Å²) in [5, 5.41) is 4.97. The first-order valence-electron chi connectivity index (χ1n) is 7.98. The van der Waals surface area contributed by atoms with Crippen molar-refractivity contribution in [3.05, 3.63) is 40.7 Å². The molecule has 0 spiro atoms. The Balaban J connectivity index is 1.95. The van der Waals surface area contributed by atoms with Crippen LogP contribution in [0.3, 0.4) is 0 Å². The van der Waals surface area contributed by atoms with Crippen LogP contribution >= 0.6 is 11.6 Å². The van der Waals surface area contributed by atoms with Gasteiger partial charge in [0.05, 0.1) is 37.9 Å². The molecule has 0 fully saturated rings. The van der Waals surface area contributed by atoms with E-state index in [9.17, 15) is 4.55 Å². The van der Waals surface area contributed by atoms with Crippen LogP contribution in [0.5, 0.6) is 5.75 Å². The maximum atomic E-state index is 12.4. The highest BCUT2D eigenvalue weighted by atomic mass is 35.5. The fourth-order valence-electron chi connectivity index (χ4n) is 2.62. The minimum Gasteiger partial charge on any atom is -0.598 e. The number of rotatable bonds is 4. The van der Waals surface area contributed by atoms with Gasteiger partial charge in [-0.05, 0) is 32.9 Å². The molecule has 1 N–H and O–H groups in total. The van der Waals surface area contributed by atoms with Crippen LogP contribution in [0.15, 0.2) is 24.4 Å². The molecular formula is C17H22ClN3O3S. The molecular weight excluding hydrogens is 362 g/mol. The van der Waals surface area contributed by atoms with Gasteiger partial charge >= 0.3 is 0 Å². The van der Waals surface area contributed by atoms with Crippen LogP contribution in [-0.2, 0) is 22.7 Å². The molecule has 3 rings (SSSR count). The van der Waals surface area contributed by atoms with E-state index in [4.69, 9.17) is 21.1 Å². The van der Waals surface area contributed by atoms with Crippen LogP contribution in [0.25, 0.3) is 5.69 Å². The molecule has 0 saturated carbocycles. The Morgan fingerprint density at radius 2 is 2.20 bits per heavy atom. The van der Waals surface area contributed by atoms with Crippen LogP contribution in [0.2, 0.25) is 5.02 Å². The number of hydrogen-bond donors (Lipinski definition) is 1. The molecule has 1 aliphatic heterocycles. The summed E-state index contributed by atoms with van der Waals surface area (Å²) in [7, 11) is 1.58. The summed E-state index contributed by atoms with van der Waals surface area (Å²) in [6.07, 6.45) is 1.78. The molecule has 0 amide bonds. The van der Waals surface area contributed by atoms with Gasteiger partial charge in [0.25, 0.3) is 0 Å². The van der Waals surface area contributed by atoms with E-state index in [1.54, 1.807) is 24.1 Å². The molecule has 6 nitrogen and oxygen atoms in total. The Morgan fingerprint density at radius 3 is 2.88 bits per heavy atom. The molecule has 2 atom stereocenters. The number of nitrogens with one attached hydrogen (secondary N) is 1. The van der Waals surface area contributed by atoms with Crippen molar-refractivity contribution in [2.45, 2.75) is 38.2 Å². The zero-order valence-corrected chi connectivity index (χ0v) is 16.3. The SMILES string of the molecule is COc1cccc(-n2ncc3c2COC[C@H]3N[S@@+]([O-])C(C)(C)C)c1Cl. The fraction of sp³-hybridized carbons (Fsp3) is 0.471. The summed E-state index contributed by atoms with van der Waals surface area (Å²) in [4.78, 5) is 0. The third-order valence-electron chi connectivity index (χ3n) is 4.00. The van der Waals surface area contributed by atoms with E-state index in [2.05, 4.69) is 9.82 Å². The van der Waals surface area contributed by atoms with Gasteiger partial charge in [-0.25, -0.2) is 4.68 Å². The molecule has 0 unspecified atom stereocenters. The lowest BCUT2D eigenvalue weighted by molar-refractivity contribution is 0.0843. The van der Waals surface area contributed by atoms with Crippen LogP contribution in [0.1, 0.15) is 38.1 Å². The number of halogens is 1. The summed E-state index contributed by atoms with van der Waals surface area (Å²) in [5.74, 6) is 0.587. The molecule has 8 heteroatoms. The van der Waals surface area contributed by atoms with Gasteiger partial charge in [0.1, 0.15) is 21.6 Å². The highest BCUT2D eigenvalue weighted by Gasteiger charge is 2.34. The Bertz CT molecular complexity index is 760. The number of methoxy groups -OCH3 is 1. The quantitative estimate of drug-likeness (QED) is 0.821. The zero-order valence-electron chi connectivity index (χ0n) is 14.7. The van der Waals surface area contributed by atoms with Crippen LogP contribution in [-0.4, -0.2) is 32.8 Å². The minimum absolute atomic E-state index is 0.179. The molecule has 1 aromatic heterocycles. The molecule has 0 bridgehead atoms. The van der Waals surface area contributed by atoms with Crippen molar-refractivity contribution in [1.29, 1.82) is 0 Å². The van der Waals surface area contributed by atoms with Crippen LogP contribution in [0, 0.1) is 0 Å². The second kappa shape index (κ2) is 7.17. The minimum atomic E-state index is -1.20. The Labute approximate surface area is 155 Å². The monoisotopic (exact) mass is 383 g/mol. The van der Waals surface area contributed by atoms with E-state index in [0.29, 0.717) is 24.0 Å². The number of benzene rings is 1. The van der Waals surface area contributed by atoms with E-state index in [1.165, 1.54) is 0 Å². The van der Waals surface area contributed by atoms with Crippen molar-refractivity contribution >= 4 is 23.0 Å². The fourth-order valence-corrected chi connectivity index (χ4v) is 3.71. The highest BCUT2D eigenvalue weighted by molar-refractivity contribution is 7.90. The molecule has 25 heavy (non-hydrogen) atoms. The number of fused-ring (bicyclic) bond motifs is 1. The largest absolute Gasteiger partial charge is 0.598 e. The van der Waals surface area contributed by atoms with E-state index in [0.717, 1.165) is 16.9 Å². The Morgan fingerprint density at radius 1 is 1.44 bits per heavy atom. The summed E-state index contributed by atoms with van der Waals surface area (Å²) >= 11 is 5.23. The van der Waals surface area contributed by atoms with Crippen molar-refractivity contribution in [1.82, 2.24) is 14.5 Å². The molecule has 1 aromatic carbocycles. The average molecular weight is 384 g/mol. The van der Waals surface area contributed by atoms with Crippen molar-refractivity contribution in [2.24, 2.45) is 0 Å². The lowest BCUT2D eigenvalue weighted by Crippen LogP contribution is -2.43. The standard InChI is InChI=1S/C17H22ClN3O3S/c1-17(2,3)25(22)20-12-9-24-10-14-11(12)8-19-21(14)13-6-5-7-15(23-4)16(13)18/h5-8,12,20H,9-10H2,1-4H3/t12-,25+/m1/s1. The third-order valence-corrected chi connectivity index (χ3v) is 5.99. The van der Waals surface area contributed by atoms with Crippen molar-refractivity contribution in [3.63, 3.8) is 0 Å².